The van der Waals surface area contributed by atoms with Crippen LogP contribution >= 0.6 is 31.9 Å². The van der Waals surface area contributed by atoms with Crippen molar-refractivity contribution in [1.29, 1.82) is 0 Å². The Labute approximate surface area is 139 Å². The van der Waals surface area contributed by atoms with Gasteiger partial charge >= 0.3 is 5.69 Å². The van der Waals surface area contributed by atoms with Crippen LogP contribution in [0.1, 0.15) is 25.3 Å². The van der Waals surface area contributed by atoms with Crippen LogP contribution in [0, 0.1) is 10.1 Å². The number of nitro groups is 1. The molecule has 0 bridgehead atoms. The molecule has 0 aromatic heterocycles. The lowest BCUT2D eigenvalue weighted by molar-refractivity contribution is -0.385. The van der Waals surface area contributed by atoms with E-state index < -0.39 is 4.92 Å². The van der Waals surface area contributed by atoms with Crippen LogP contribution in [0.15, 0.2) is 45.3 Å². The molecule has 0 saturated carbocycles. The van der Waals surface area contributed by atoms with Gasteiger partial charge in [-0.3, -0.25) is 10.1 Å². The summed E-state index contributed by atoms with van der Waals surface area (Å²) in [5, 5.41) is 11.1. The molecule has 110 valence electrons. The highest BCUT2D eigenvalue weighted by molar-refractivity contribution is 9.10. The third-order valence-corrected chi connectivity index (χ3v) is 3.92. The first-order valence-corrected chi connectivity index (χ1v) is 7.88. The zero-order valence-electron chi connectivity index (χ0n) is 11.5. The number of rotatable bonds is 4. The quantitative estimate of drug-likeness (QED) is 0.452. The summed E-state index contributed by atoms with van der Waals surface area (Å²) in [7, 11) is 0. The van der Waals surface area contributed by atoms with Gasteiger partial charge in [0.15, 0.2) is 0 Å². The Morgan fingerprint density at radius 1 is 1.05 bits per heavy atom. The summed E-state index contributed by atoms with van der Waals surface area (Å²) in [6.45, 7) is 4.09. The predicted octanol–water partition coefficient (Wildman–Crippen LogP) is 6.04. The zero-order valence-corrected chi connectivity index (χ0v) is 14.6. The van der Waals surface area contributed by atoms with Crippen LogP contribution < -0.4 is 4.74 Å². The number of benzene rings is 2. The van der Waals surface area contributed by atoms with Crippen molar-refractivity contribution < 1.29 is 9.66 Å². The molecule has 0 N–H and O–H groups in total. The molecule has 6 heteroatoms. The molecule has 0 saturated heterocycles. The second kappa shape index (κ2) is 6.58. The molecule has 2 aromatic rings. The smallest absolute Gasteiger partial charge is 0.312 e. The Bertz CT molecular complexity index is 687. The van der Waals surface area contributed by atoms with Crippen molar-refractivity contribution in [2.45, 2.75) is 19.8 Å². The van der Waals surface area contributed by atoms with Crippen molar-refractivity contribution in [2.24, 2.45) is 0 Å². The van der Waals surface area contributed by atoms with Crippen LogP contribution in [0.4, 0.5) is 5.69 Å². The minimum Gasteiger partial charge on any atom is -0.450 e. The van der Waals surface area contributed by atoms with E-state index >= 15 is 0 Å². The molecule has 0 aliphatic carbocycles. The van der Waals surface area contributed by atoms with Crippen LogP contribution in [0.25, 0.3) is 0 Å². The lowest BCUT2D eigenvalue weighted by Crippen LogP contribution is -1.97. The van der Waals surface area contributed by atoms with Gasteiger partial charge in [-0.15, -0.1) is 0 Å². The normalized spacial score (nSPS) is 10.7. The van der Waals surface area contributed by atoms with E-state index in [0.29, 0.717) is 10.2 Å². The Morgan fingerprint density at radius 3 is 2.19 bits per heavy atom. The van der Waals surface area contributed by atoms with Gasteiger partial charge in [-0.05, 0) is 41.8 Å². The van der Waals surface area contributed by atoms with Crippen molar-refractivity contribution in [3.8, 4) is 11.5 Å². The van der Waals surface area contributed by atoms with E-state index in [0.717, 1.165) is 10.0 Å². The lowest BCUT2D eigenvalue weighted by atomic mass is 10.0. The van der Waals surface area contributed by atoms with Gasteiger partial charge in [0, 0.05) is 15.0 Å². The van der Waals surface area contributed by atoms with Gasteiger partial charge < -0.3 is 4.74 Å². The fourth-order valence-corrected chi connectivity index (χ4v) is 2.63. The summed E-state index contributed by atoms with van der Waals surface area (Å²) in [5.41, 5.74) is 0.920. The van der Waals surface area contributed by atoms with E-state index in [4.69, 9.17) is 4.74 Å². The third kappa shape index (κ3) is 3.83. The molecule has 21 heavy (non-hydrogen) atoms. The fourth-order valence-electron chi connectivity index (χ4n) is 1.90. The molecular weight excluding hydrogens is 402 g/mol. The van der Waals surface area contributed by atoms with E-state index in [1.807, 2.05) is 32.0 Å². The Kier molecular flexibility index (Phi) is 5.00. The first kappa shape index (κ1) is 16.0. The largest absolute Gasteiger partial charge is 0.450 e. The van der Waals surface area contributed by atoms with E-state index in [1.54, 1.807) is 12.1 Å². The minimum absolute atomic E-state index is 0.0676. The number of nitrogens with zero attached hydrogens (tertiary/aromatic N) is 1. The fraction of sp³-hybridized carbons (Fsp3) is 0.200. The first-order chi connectivity index (χ1) is 9.88. The third-order valence-electron chi connectivity index (χ3n) is 2.93. The van der Waals surface area contributed by atoms with Crippen LogP contribution in [0.3, 0.4) is 0 Å². The van der Waals surface area contributed by atoms with Crippen molar-refractivity contribution in [3.05, 3.63) is 61.0 Å². The molecule has 0 fully saturated rings. The molecule has 0 amide bonds. The number of ether oxygens (including phenoxy) is 1. The number of halogens is 2. The van der Waals surface area contributed by atoms with Crippen LogP contribution in [-0.2, 0) is 0 Å². The Morgan fingerprint density at radius 2 is 1.62 bits per heavy atom. The number of hydrogen-bond donors (Lipinski definition) is 0. The molecule has 0 atom stereocenters. The molecule has 0 heterocycles. The summed E-state index contributed by atoms with van der Waals surface area (Å²) in [5.74, 6) is 1.10. The summed E-state index contributed by atoms with van der Waals surface area (Å²) >= 11 is 6.66. The molecule has 0 radical (unpaired) electrons. The van der Waals surface area contributed by atoms with E-state index in [2.05, 4.69) is 31.9 Å². The molecule has 0 unspecified atom stereocenters. The lowest BCUT2D eigenvalue weighted by Gasteiger charge is -2.14. The average molecular weight is 415 g/mol. The van der Waals surface area contributed by atoms with E-state index in [1.165, 1.54) is 6.07 Å². The van der Waals surface area contributed by atoms with E-state index in [9.17, 15) is 10.1 Å². The molecule has 0 aliphatic rings. The van der Waals surface area contributed by atoms with Gasteiger partial charge in [0.2, 0.25) is 5.75 Å². The highest BCUT2D eigenvalue weighted by atomic mass is 79.9. The van der Waals surface area contributed by atoms with Gasteiger partial charge in [-0.1, -0.05) is 45.7 Å². The van der Waals surface area contributed by atoms with Crippen molar-refractivity contribution in [3.63, 3.8) is 0 Å². The van der Waals surface area contributed by atoms with Crippen molar-refractivity contribution >= 4 is 37.5 Å². The number of nitro benzene ring substituents is 1. The maximum Gasteiger partial charge on any atom is 0.312 e. The summed E-state index contributed by atoms with van der Waals surface area (Å²) in [6, 6.07) is 10.4. The molecule has 2 rings (SSSR count). The van der Waals surface area contributed by atoms with Gasteiger partial charge in [-0.2, -0.15) is 0 Å². The maximum absolute atomic E-state index is 11.1. The van der Waals surface area contributed by atoms with Gasteiger partial charge in [0.1, 0.15) is 5.75 Å². The molecule has 4 nitrogen and oxygen atoms in total. The highest BCUT2D eigenvalue weighted by Crippen LogP contribution is 2.37. The Balaban J connectivity index is 2.46. The van der Waals surface area contributed by atoms with Gasteiger partial charge in [0.25, 0.3) is 0 Å². The van der Waals surface area contributed by atoms with Gasteiger partial charge in [-0.25, -0.2) is 0 Å². The van der Waals surface area contributed by atoms with Crippen LogP contribution in [0.5, 0.6) is 11.5 Å². The molecular formula is C15H13Br2NO3. The summed E-state index contributed by atoms with van der Waals surface area (Å²) in [6.07, 6.45) is 0. The van der Waals surface area contributed by atoms with Crippen molar-refractivity contribution in [1.82, 2.24) is 0 Å². The number of hydrogen-bond acceptors (Lipinski definition) is 3. The van der Waals surface area contributed by atoms with Crippen molar-refractivity contribution in [2.75, 3.05) is 0 Å². The predicted molar refractivity (Wildman–Crippen MR) is 89.1 cm³/mol. The Hall–Kier alpha value is -1.40. The minimum atomic E-state index is -0.450. The van der Waals surface area contributed by atoms with Gasteiger partial charge in [0.05, 0.1) is 4.92 Å². The highest BCUT2D eigenvalue weighted by Gasteiger charge is 2.18. The average Bonchev–Trinajstić information content (AvgIpc) is 2.42. The SMILES string of the molecule is CC(C)c1cc(Br)ccc1Oc1ccc(Br)cc1[N+](=O)[O-]. The second-order valence-electron chi connectivity index (χ2n) is 4.81. The zero-order chi connectivity index (χ0) is 15.6. The van der Waals surface area contributed by atoms with Crippen LogP contribution in [0.2, 0.25) is 0 Å². The van der Waals surface area contributed by atoms with E-state index in [-0.39, 0.29) is 17.4 Å². The first-order valence-electron chi connectivity index (χ1n) is 6.29. The standard InChI is InChI=1S/C15H13Br2NO3/c1-9(2)12-7-10(16)3-5-14(12)21-15-6-4-11(17)8-13(15)18(19)20/h3-9H,1-2H3. The molecule has 2 aromatic carbocycles. The summed E-state index contributed by atoms with van der Waals surface area (Å²) < 4.78 is 7.38. The van der Waals surface area contributed by atoms with Crippen LogP contribution in [-0.4, -0.2) is 4.92 Å². The topological polar surface area (TPSA) is 52.4 Å². The maximum atomic E-state index is 11.1. The molecule has 0 spiro atoms. The second-order valence-corrected chi connectivity index (χ2v) is 6.64. The summed E-state index contributed by atoms with van der Waals surface area (Å²) in [4.78, 5) is 10.7. The monoisotopic (exact) mass is 413 g/mol. The molecule has 0 aliphatic heterocycles.